The highest BCUT2D eigenvalue weighted by Gasteiger charge is 2.21. The van der Waals surface area contributed by atoms with Crippen molar-refractivity contribution in [2.24, 2.45) is 0 Å². The molecule has 0 unspecified atom stereocenters. The van der Waals surface area contributed by atoms with E-state index in [1.54, 1.807) is 0 Å². The van der Waals surface area contributed by atoms with E-state index in [-0.39, 0.29) is 0 Å². The largest absolute Gasteiger partial charge is 0.456 e. The third-order valence-electron chi connectivity index (χ3n) is 10.4. The molecule has 1 nitrogen and oxygen atoms in total. The molecule has 2 heterocycles. The SMILES string of the molecule is c1ccc(-c2c3ccccc3c(-c3cccc(-c4c5ccccc5cc5c4sc4ccc6oc7ccccc7c6c45)c3)c3ccccc23)cc1. The summed E-state index contributed by atoms with van der Waals surface area (Å²) in [5, 5.41) is 12.5. The Balaban J connectivity index is 1.23. The van der Waals surface area contributed by atoms with E-state index in [9.17, 15) is 0 Å². The molecule has 0 aliphatic rings. The fraction of sp³-hybridized carbons (Fsp3) is 0. The molecular weight excluding hydrogens is 625 g/mol. The topological polar surface area (TPSA) is 13.1 Å². The van der Waals surface area contributed by atoms with E-state index in [0.717, 1.165) is 11.2 Å². The zero-order valence-corrected chi connectivity index (χ0v) is 27.8. The van der Waals surface area contributed by atoms with Crippen LogP contribution in [0.1, 0.15) is 0 Å². The molecule has 0 radical (unpaired) electrons. The fourth-order valence-corrected chi connectivity index (χ4v) is 9.62. The summed E-state index contributed by atoms with van der Waals surface area (Å²) >= 11 is 1.89. The molecular formula is C48H28OS. The minimum atomic E-state index is 0.931. The second-order valence-corrected chi connectivity index (χ2v) is 14.2. The van der Waals surface area contributed by atoms with E-state index in [4.69, 9.17) is 4.42 Å². The third-order valence-corrected chi connectivity index (χ3v) is 11.6. The zero-order chi connectivity index (χ0) is 32.8. The molecule has 50 heavy (non-hydrogen) atoms. The average molecular weight is 653 g/mol. The van der Waals surface area contributed by atoms with Crippen molar-refractivity contribution in [3.05, 3.63) is 170 Å². The lowest BCUT2D eigenvalue weighted by Crippen LogP contribution is -1.91. The van der Waals surface area contributed by atoms with E-state index in [1.165, 1.54) is 96.6 Å². The molecule has 11 aromatic rings. The second kappa shape index (κ2) is 10.6. The smallest absolute Gasteiger partial charge is 0.136 e. The Hall–Kier alpha value is -6.22. The van der Waals surface area contributed by atoms with Gasteiger partial charge in [-0.15, -0.1) is 11.3 Å². The average Bonchev–Trinajstić information content (AvgIpc) is 3.74. The Kier molecular flexibility index (Phi) is 5.89. The standard InChI is InChI=1S/C48H28OS/c1-2-13-29(14-3-1)43-34-19-6-8-21-36(34)44(37-22-9-7-20-35(37)43)31-16-12-17-32(27-31)45-33-18-5-4-15-30(33)28-39-47-42(50-48(39)45)26-25-41-46(47)38-23-10-11-24-40(38)49-41/h1-28H. The van der Waals surface area contributed by atoms with Crippen LogP contribution in [-0.4, -0.2) is 0 Å². The van der Waals surface area contributed by atoms with Crippen LogP contribution in [0.4, 0.5) is 0 Å². The molecule has 0 aliphatic heterocycles. The van der Waals surface area contributed by atoms with E-state index >= 15 is 0 Å². The van der Waals surface area contributed by atoms with Gasteiger partial charge in [-0.05, 0) is 90.5 Å². The normalized spacial score (nSPS) is 12.0. The van der Waals surface area contributed by atoms with Gasteiger partial charge in [0, 0.05) is 36.5 Å². The van der Waals surface area contributed by atoms with Crippen LogP contribution in [0, 0.1) is 0 Å². The number of hydrogen-bond acceptors (Lipinski definition) is 2. The Morgan fingerprint density at radius 2 is 0.900 bits per heavy atom. The second-order valence-electron chi connectivity index (χ2n) is 13.1. The molecule has 0 aliphatic carbocycles. The van der Waals surface area contributed by atoms with E-state index in [0.29, 0.717) is 0 Å². The quantitative estimate of drug-likeness (QED) is 0.173. The van der Waals surface area contributed by atoms with E-state index in [2.05, 4.69) is 164 Å². The van der Waals surface area contributed by atoms with Gasteiger partial charge in [0.15, 0.2) is 0 Å². The number of furan rings is 1. The lowest BCUT2D eigenvalue weighted by atomic mass is 9.85. The van der Waals surface area contributed by atoms with Crippen molar-refractivity contribution in [3.8, 4) is 33.4 Å². The molecule has 11 rings (SSSR count). The first kappa shape index (κ1) is 27.7. The van der Waals surface area contributed by atoms with Crippen molar-refractivity contribution in [2.45, 2.75) is 0 Å². The summed E-state index contributed by atoms with van der Waals surface area (Å²) in [6.45, 7) is 0. The molecule has 0 spiro atoms. The maximum Gasteiger partial charge on any atom is 0.136 e. The van der Waals surface area contributed by atoms with E-state index < -0.39 is 0 Å². The fourth-order valence-electron chi connectivity index (χ4n) is 8.35. The molecule has 9 aromatic carbocycles. The van der Waals surface area contributed by atoms with Gasteiger partial charge >= 0.3 is 0 Å². The van der Waals surface area contributed by atoms with Gasteiger partial charge < -0.3 is 4.42 Å². The molecule has 232 valence electrons. The van der Waals surface area contributed by atoms with Gasteiger partial charge in [-0.2, -0.15) is 0 Å². The lowest BCUT2D eigenvalue weighted by molar-refractivity contribution is 0.669. The van der Waals surface area contributed by atoms with Gasteiger partial charge in [-0.1, -0.05) is 140 Å². The van der Waals surface area contributed by atoms with Crippen LogP contribution < -0.4 is 0 Å². The predicted octanol–water partition coefficient (Wildman–Crippen LogP) is 14.4. The van der Waals surface area contributed by atoms with Gasteiger partial charge in [-0.3, -0.25) is 0 Å². The Morgan fingerprint density at radius 1 is 0.340 bits per heavy atom. The van der Waals surface area contributed by atoms with Gasteiger partial charge in [0.2, 0.25) is 0 Å². The van der Waals surface area contributed by atoms with Crippen LogP contribution in [0.15, 0.2) is 174 Å². The number of benzene rings is 9. The molecule has 0 amide bonds. The minimum Gasteiger partial charge on any atom is -0.456 e. The molecule has 2 aromatic heterocycles. The Morgan fingerprint density at radius 3 is 1.62 bits per heavy atom. The predicted molar refractivity (Wildman–Crippen MR) is 215 cm³/mol. The minimum absolute atomic E-state index is 0.931. The highest BCUT2D eigenvalue weighted by Crippen LogP contribution is 2.49. The van der Waals surface area contributed by atoms with Gasteiger partial charge in [-0.25, -0.2) is 0 Å². The van der Waals surface area contributed by atoms with Gasteiger partial charge in [0.1, 0.15) is 11.2 Å². The summed E-state index contributed by atoms with van der Waals surface area (Å²) in [7, 11) is 0. The summed E-state index contributed by atoms with van der Waals surface area (Å²) in [5.74, 6) is 0. The van der Waals surface area contributed by atoms with Gasteiger partial charge in [0.05, 0.1) is 0 Å². The molecule has 0 saturated carbocycles. The number of thiophene rings is 1. The maximum atomic E-state index is 6.36. The number of para-hydroxylation sites is 1. The number of hydrogen-bond donors (Lipinski definition) is 0. The molecule has 0 saturated heterocycles. The van der Waals surface area contributed by atoms with Crippen molar-refractivity contribution >= 4 is 85.8 Å². The van der Waals surface area contributed by atoms with Crippen LogP contribution in [0.25, 0.3) is 108 Å². The first-order chi connectivity index (χ1) is 24.8. The summed E-state index contributed by atoms with van der Waals surface area (Å²) in [5.41, 5.74) is 9.41. The van der Waals surface area contributed by atoms with Crippen molar-refractivity contribution in [2.75, 3.05) is 0 Å². The van der Waals surface area contributed by atoms with Crippen LogP contribution in [0.2, 0.25) is 0 Å². The zero-order valence-electron chi connectivity index (χ0n) is 27.0. The summed E-state index contributed by atoms with van der Waals surface area (Å²) < 4.78 is 8.94. The molecule has 2 heteroatoms. The monoisotopic (exact) mass is 652 g/mol. The van der Waals surface area contributed by atoms with Crippen LogP contribution in [0.3, 0.4) is 0 Å². The highest BCUT2D eigenvalue weighted by atomic mass is 32.1. The molecule has 0 fully saturated rings. The highest BCUT2D eigenvalue weighted by molar-refractivity contribution is 7.26. The van der Waals surface area contributed by atoms with Gasteiger partial charge in [0.25, 0.3) is 0 Å². The number of rotatable bonds is 3. The summed E-state index contributed by atoms with van der Waals surface area (Å²) in [4.78, 5) is 0. The molecule has 0 atom stereocenters. The van der Waals surface area contributed by atoms with Crippen LogP contribution in [-0.2, 0) is 0 Å². The number of fused-ring (bicyclic) bond motifs is 10. The maximum absolute atomic E-state index is 6.36. The van der Waals surface area contributed by atoms with Crippen molar-refractivity contribution in [1.29, 1.82) is 0 Å². The van der Waals surface area contributed by atoms with Crippen molar-refractivity contribution in [1.82, 2.24) is 0 Å². The van der Waals surface area contributed by atoms with Crippen molar-refractivity contribution < 1.29 is 4.42 Å². The third kappa shape index (κ3) is 3.94. The Bertz CT molecular complexity index is 3090. The molecule has 0 N–H and O–H groups in total. The summed E-state index contributed by atoms with van der Waals surface area (Å²) in [6, 6.07) is 61.9. The summed E-state index contributed by atoms with van der Waals surface area (Å²) in [6.07, 6.45) is 0. The van der Waals surface area contributed by atoms with E-state index in [1.807, 2.05) is 17.4 Å². The molecule has 0 bridgehead atoms. The van der Waals surface area contributed by atoms with Crippen LogP contribution >= 0.6 is 11.3 Å². The van der Waals surface area contributed by atoms with Crippen LogP contribution in [0.5, 0.6) is 0 Å². The lowest BCUT2D eigenvalue weighted by Gasteiger charge is -2.18. The van der Waals surface area contributed by atoms with Crippen molar-refractivity contribution in [3.63, 3.8) is 0 Å². The first-order valence-electron chi connectivity index (χ1n) is 17.1. The Labute approximate surface area is 292 Å². The first-order valence-corrected chi connectivity index (χ1v) is 17.9.